The van der Waals surface area contributed by atoms with E-state index in [2.05, 4.69) is 6.58 Å². The van der Waals surface area contributed by atoms with Crippen molar-refractivity contribution in [3.8, 4) is 0 Å². The van der Waals surface area contributed by atoms with Gasteiger partial charge in [0.05, 0.1) is 72.6 Å². The highest BCUT2D eigenvalue weighted by atomic mass is 16.6. The molecule has 1 rings (SSSR count). The lowest BCUT2D eigenvalue weighted by atomic mass is 10.5. The summed E-state index contributed by atoms with van der Waals surface area (Å²) in [6.07, 6.45) is 3.60. The summed E-state index contributed by atoms with van der Waals surface area (Å²) in [5, 5.41) is 0. The number of imide groups is 1. The van der Waals surface area contributed by atoms with E-state index >= 15 is 0 Å². The predicted octanol–water partition coefficient (Wildman–Crippen LogP) is -0.276. The first-order valence-corrected chi connectivity index (χ1v) is 9.36. The molecule has 0 radical (unpaired) electrons. The summed E-state index contributed by atoms with van der Waals surface area (Å²) in [7, 11) is 0. The Morgan fingerprint density at radius 1 is 0.724 bits per heavy atom. The maximum Gasteiger partial charge on any atom is 0.330 e. The number of ether oxygens (including phenoxy) is 6. The molecule has 0 saturated heterocycles. The molecule has 10 heteroatoms. The molecule has 0 N–H and O–H groups in total. The Labute approximate surface area is 170 Å². The Bertz CT molecular complexity index is 518. The van der Waals surface area contributed by atoms with Crippen molar-refractivity contribution >= 4 is 17.8 Å². The molecule has 1 aliphatic heterocycles. The number of nitrogens with zero attached hydrogens (tertiary/aromatic N) is 1. The van der Waals surface area contributed by atoms with Gasteiger partial charge < -0.3 is 28.4 Å². The molecule has 10 nitrogen and oxygen atoms in total. The van der Waals surface area contributed by atoms with Crippen LogP contribution in [-0.2, 0) is 42.8 Å². The molecule has 0 bridgehead atoms. The van der Waals surface area contributed by atoms with Crippen molar-refractivity contribution in [2.75, 3.05) is 79.2 Å². The van der Waals surface area contributed by atoms with E-state index in [0.29, 0.717) is 59.5 Å². The van der Waals surface area contributed by atoms with E-state index < -0.39 is 5.97 Å². The predicted molar refractivity (Wildman–Crippen MR) is 101 cm³/mol. The molecule has 0 fully saturated rings. The van der Waals surface area contributed by atoms with Crippen molar-refractivity contribution in [2.45, 2.75) is 0 Å². The summed E-state index contributed by atoms with van der Waals surface area (Å²) < 4.78 is 31.3. The van der Waals surface area contributed by atoms with Crippen LogP contribution in [0.2, 0.25) is 0 Å². The van der Waals surface area contributed by atoms with Gasteiger partial charge in [0.2, 0.25) is 0 Å². The van der Waals surface area contributed by atoms with Crippen LogP contribution in [0.5, 0.6) is 0 Å². The Morgan fingerprint density at radius 2 is 1.10 bits per heavy atom. The minimum Gasteiger partial charge on any atom is -0.460 e. The van der Waals surface area contributed by atoms with E-state index in [1.54, 1.807) is 0 Å². The Hall–Kier alpha value is -2.11. The average Bonchev–Trinajstić information content (AvgIpc) is 3.04. The molecule has 0 aromatic carbocycles. The van der Waals surface area contributed by atoms with Crippen molar-refractivity contribution in [1.82, 2.24) is 4.90 Å². The van der Waals surface area contributed by atoms with Gasteiger partial charge in [0, 0.05) is 18.2 Å². The maximum absolute atomic E-state index is 11.3. The van der Waals surface area contributed by atoms with Crippen molar-refractivity contribution < 1.29 is 42.8 Å². The molecule has 0 aliphatic carbocycles. The Morgan fingerprint density at radius 3 is 1.52 bits per heavy atom. The highest BCUT2D eigenvalue weighted by Crippen LogP contribution is 2.02. The number of hydrogen-bond donors (Lipinski definition) is 0. The quantitative estimate of drug-likeness (QED) is 0.122. The van der Waals surface area contributed by atoms with Gasteiger partial charge in [0.1, 0.15) is 6.61 Å². The van der Waals surface area contributed by atoms with Crippen LogP contribution in [0.4, 0.5) is 0 Å². The second kappa shape index (κ2) is 16.8. The molecule has 0 atom stereocenters. The van der Waals surface area contributed by atoms with Crippen molar-refractivity contribution in [2.24, 2.45) is 0 Å². The largest absolute Gasteiger partial charge is 0.460 e. The third kappa shape index (κ3) is 12.9. The fourth-order valence-corrected chi connectivity index (χ4v) is 2.05. The lowest BCUT2D eigenvalue weighted by Crippen LogP contribution is -2.33. The lowest BCUT2D eigenvalue weighted by Gasteiger charge is -2.13. The topological polar surface area (TPSA) is 110 Å². The average molecular weight is 415 g/mol. The van der Waals surface area contributed by atoms with Crippen LogP contribution in [0.3, 0.4) is 0 Å². The van der Waals surface area contributed by atoms with Gasteiger partial charge >= 0.3 is 5.97 Å². The summed E-state index contributed by atoms with van der Waals surface area (Å²) in [6.45, 7) is 7.69. The first-order chi connectivity index (χ1) is 14.1. The van der Waals surface area contributed by atoms with Gasteiger partial charge in [-0.25, -0.2) is 4.79 Å². The maximum atomic E-state index is 11.3. The van der Waals surface area contributed by atoms with Crippen LogP contribution in [-0.4, -0.2) is 102 Å². The fourth-order valence-electron chi connectivity index (χ4n) is 2.05. The first kappa shape index (κ1) is 24.9. The van der Waals surface area contributed by atoms with Gasteiger partial charge in [0.15, 0.2) is 0 Å². The van der Waals surface area contributed by atoms with E-state index in [9.17, 15) is 14.4 Å². The summed E-state index contributed by atoms with van der Waals surface area (Å²) in [4.78, 5) is 34.5. The zero-order valence-corrected chi connectivity index (χ0v) is 16.5. The molecule has 2 amide bonds. The summed E-state index contributed by atoms with van der Waals surface area (Å²) >= 11 is 0. The van der Waals surface area contributed by atoms with Crippen LogP contribution in [0.25, 0.3) is 0 Å². The number of amides is 2. The molecule has 0 unspecified atom stereocenters. The summed E-state index contributed by atoms with van der Waals surface area (Å²) in [5.41, 5.74) is 0. The van der Waals surface area contributed by atoms with E-state index in [1.165, 1.54) is 12.2 Å². The van der Waals surface area contributed by atoms with Gasteiger partial charge in [-0.05, 0) is 0 Å². The number of rotatable bonds is 19. The van der Waals surface area contributed by atoms with Crippen LogP contribution >= 0.6 is 0 Å². The SMILES string of the molecule is C=CC(=O)OCCOCCOCCOCCOCCOCCN1C(=O)C=CC1=O. The van der Waals surface area contributed by atoms with Crippen LogP contribution < -0.4 is 0 Å². The zero-order chi connectivity index (χ0) is 21.2. The fraction of sp³-hybridized carbons (Fsp3) is 0.632. The third-order valence-corrected chi connectivity index (χ3v) is 3.49. The number of carbonyl (C=O) groups excluding carboxylic acids is 3. The zero-order valence-electron chi connectivity index (χ0n) is 16.5. The third-order valence-electron chi connectivity index (χ3n) is 3.49. The first-order valence-electron chi connectivity index (χ1n) is 9.36. The second-order valence-corrected chi connectivity index (χ2v) is 5.59. The molecular formula is C19H29NO9. The molecule has 0 saturated carbocycles. The standard InChI is InChI=1S/C19H29NO9/c1-2-19(23)29-16-15-28-14-13-27-12-11-26-10-9-25-8-7-24-6-5-20-17(21)3-4-18(20)22/h2-4H,1,5-16H2. The van der Waals surface area contributed by atoms with Crippen LogP contribution in [0.15, 0.2) is 24.8 Å². The molecule has 164 valence electrons. The van der Waals surface area contributed by atoms with Crippen LogP contribution in [0.1, 0.15) is 0 Å². The molecule has 1 heterocycles. The van der Waals surface area contributed by atoms with Gasteiger partial charge in [-0.15, -0.1) is 0 Å². The highest BCUT2D eigenvalue weighted by molar-refractivity contribution is 6.12. The number of carbonyl (C=O) groups is 3. The van der Waals surface area contributed by atoms with Crippen LogP contribution in [0, 0.1) is 0 Å². The normalized spacial score (nSPS) is 13.3. The minimum atomic E-state index is -0.468. The molecule has 0 aromatic rings. The highest BCUT2D eigenvalue weighted by Gasteiger charge is 2.22. The smallest absolute Gasteiger partial charge is 0.330 e. The lowest BCUT2D eigenvalue weighted by molar-refractivity contribution is -0.140. The van der Waals surface area contributed by atoms with Crippen molar-refractivity contribution in [1.29, 1.82) is 0 Å². The Kier molecular flexibility index (Phi) is 14.4. The summed E-state index contributed by atoms with van der Waals surface area (Å²) in [6, 6.07) is 0. The van der Waals surface area contributed by atoms with E-state index in [1.807, 2.05) is 0 Å². The summed E-state index contributed by atoms with van der Waals surface area (Å²) in [5.74, 6) is -1.09. The van der Waals surface area contributed by atoms with Gasteiger partial charge in [-0.3, -0.25) is 14.5 Å². The second-order valence-electron chi connectivity index (χ2n) is 5.59. The molecule has 29 heavy (non-hydrogen) atoms. The molecule has 0 aromatic heterocycles. The number of esters is 1. The molecule has 0 spiro atoms. The van der Waals surface area contributed by atoms with Gasteiger partial charge in [-0.1, -0.05) is 6.58 Å². The van der Waals surface area contributed by atoms with Gasteiger partial charge in [0.25, 0.3) is 11.8 Å². The van der Waals surface area contributed by atoms with E-state index in [4.69, 9.17) is 28.4 Å². The number of hydrogen-bond acceptors (Lipinski definition) is 9. The molecular weight excluding hydrogens is 386 g/mol. The van der Waals surface area contributed by atoms with Crippen molar-refractivity contribution in [3.63, 3.8) is 0 Å². The van der Waals surface area contributed by atoms with E-state index in [0.717, 1.165) is 11.0 Å². The molecule has 1 aliphatic rings. The monoisotopic (exact) mass is 415 g/mol. The Balaban J connectivity index is 1.72. The minimum absolute atomic E-state index is 0.189. The van der Waals surface area contributed by atoms with Gasteiger partial charge in [-0.2, -0.15) is 0 Å². The van der Waals surface area contributed by atoms with E-state index in [-0.39, 0.29) is 31.6 Å². The van der Waals surface area contributed by atoms with Crippen molar-refractivity contribution in [3.05, 3.63) is 24.8 Å².